The monoisotopic (exact) mass is 364 g/mol. The molecule has 1 N–H and O–H groups in total. The van der Waals surface area contributed by atoms with Gasteiger partial charge in [0.15, 0.2) is 0 Å². The van der Waals surface area contributed by atoms with Gasteiger partial charge in [0, 0.05) is 32.6 Å². The minimum atomic E-state index is -0.725. The van der Waals surface area contributed by atoms with E-state index in [1.807, 2.05) is 11.8 Å². The maximum atomic E-state index is 13.2. The van der Waals surface area contributed by atoms with Crippen LogP contribution in [0.2, 0.25) is 0 Å². The van der Waals surface area contributed by atoms with Gasteiger partial charge < -0.3 is 15.1 Å². The molecular weight excluding hydrogens is 332 g/mol. The second-order valence-corrected chi connectivity index (χ2v) is 7.91. The van der Waals surface area contributed by atoms with E-state index in [1.54, 1.807) is 0 Å². The van der Waals surface area contributed by atoms with Crippen molar-refractivity contribution in [3.05, 3.63) is 0 Å². The summed E-state index contributed by atoms with van der Waals surface area (Å²) in [6.45, 7) is 8.10. The van der Waals surface area contributed by atoms with E-state index in [2.05, 4.69) is 17.1 Å². The number of amides is 4. The van der Waals surface area contributed by atoms with Crippen LogP contribution in [0.25, 0.3) is 0 Å². The third kappa shape index (κ3) is 3.59. The summed E-state index contributed by atoms with van der Waals surface area (Å²) in [6.07, 6.45) is 5.44. The Kier molecular flexibility index (Phi) is 5.85. The van der Waals surface area contributed by atoms with Gasteiger partial charge in [-0.05, 0) is 45.1 Å². The maximum Gasteiger partial charge on any atom is 0.325 e. The van der Waals surface area contributed by atoms with Crippen molar-refractivity contribution < 1.29 is 14.4 Å². The standard InChI is InChI=1S/C19H32N4O3/c1-3-6-16(24)22-11-5-7-15(14-22)23-17(25)19(20-18(23)26)8-12-21(10-4-2)13-9-19/h15H,3-14H2,1-2H3,(H,20,26)/t15-/m1/s1. The van der Waals surface area contributed by atoms with Crippen LogP contribution in [-0.2, 0) is 9.59 Å². The summed E-state index contributed by atoms with van der Waals surface area (Å²) < 4.78 is 0. The Labute approximate surface area is 156 Å². The van der Waals surface area contributed by atoms with Crippen LogP contribution in [0, 0.1) is 0 Å². The number of carbonyl (C=O) groups is 3. The quantitative estimate of drug-likeness (QED) is 0.752. The van der Waals surface area contributed by atoms with Crippen LogP contribution in [0.4, 0.5) is 4.79 Å². The van der Waals surface area contributed by atoms with Crippen molar-refractivity contribution in [3.63, 3.8) is 0 Å². The molecule has 3 heterocycles. The molecule has 3 aliphatic rings. The first-order chi connectivity index (χ1) is 12.5. The van der Waals surface area contributed by atoms with E-state index >= 15 is 0 Å². The minimum Gasteiger partial charge on any atom is -0.341 e. The lowest BCUT2D eigenvalue weighted by atomic mass is 9.87. The van der Waals surface area contributed by atoms with E-state index < -0.39 is 5.54 Å². The van der Waals surface area contributed by atoms with Crippen molar-refractivity contribution in [2.45, 2.75) is 70.4 Å². The summed E-state index contributed by atoms with van der Waals surface area (Å²) in [7, 11) is 0. The summed E-state index contributed by atoms with van der Waals surface area (Å²) >= 11 is 0. The van der Waals surface area contributed by atoms with Gasteiger partial charge in [-0.2, -0.15) is 0 Å². The van der Waals surface area contributed by atoms with Gasteiger partial charge in [0.05, 0.1) is 6.04 Å². The fraction of sp³-hybridized carbons (Fsp3) is 0.842. The van der Waals surface area contributed by atoms with E-state index in [1.165, 1.54) is 4.90 Å². The molecule has 0 aromatic rings. The Morgan fingerprint density at radius 2 is 1.88 bits per heavy atom. The molecule has 3 saturated heterocycles. The molecule has 3 fully saturated rings. The van der Waals surface area contributed by atoms with Crippen molar-refractivity contribution in [3.8, 4) is 0 Å². The summed E-state index contributed by atoms with van der Waals surface area (Å²) in [5, 5.41) is 3.01. The Morgan fingerprint density at radius 3 is 2.54 bits per heavy atom. The summed E-state index contributed by atoms with van der Waals surface area (Å²) in [6, 6.07) is -0.459. The average Bonchev–Trinajstić information content (AvgIpc) is 2.87. The number of nitrogens with one attached hydrogen (secondary N) is 1. The lowest BCUT2D eigenvalue weighted by Gasteiger charge is -2.39. The molecule has 7 heteroatoms. The van der Waals surface area contributed by atoms with Crippen LogP contribution in [0.3, 0.4) is 0 Å². The van der Waals surface area contributed by atoms with Gasteiger partial charge in [-0.1, -0.05) is 13.8 Å². The summed E-state index contributed by atoms with van der Waals surface area (Å²) in [4.78, 5) is 43.7. The van der Waals surface area contributed by atoms with Gasteiger partial charge >= 0.3 is 6.03 Å². The van der Waals surface area contributed by atoms with Crippen molar-refractivity contribution in [2.75, 3.05) is 32.7 Å². The normalized spacial score (nSPS) is 26.5. The predicted molar refractivity (Wildman–Crippen MR) is 98.6 cm³/mol. The first-order valence-corrected chi connectivity index (χ1v) is 10.2. The zero-order valence-electron chi connectivity index (χ0n) is 16.1. The number of urea groups is 1. The molecule has 146 valence electrons. The summed E-state index contributed by atoms with van der Waals surface area (Å²) in [5.41, 5.74) is -0.725. The van der Waals surface area contributed by atoms with Gasteiger partial charge in [-0.25, -0.2) is 4.79 Å². The van der Waals surface area contributed by atoms with Crippen LogP contribution < -0.4 is 5.32 Å². The molecule has 0 aromatic heterocycles. The zero-order chi connectivity index (χ0) is 18.7. The molecule has 7 nitrogen and oxygen atoms in total. The topological polar surface area (TPSA) is 73.0 Å². The lowest BCUT2D eigenvalue weighted by molar-refractivity contribution is -0.139. The van der Waals surface area contributed by atoms with Crippen LogP contribution in [0.5, 0.6) is 0 Å². The highest BCUT2D eigenvalue weighted by Crippen LogP contribution is 2.32. The molecule has 26 heavy (non-hydrogen) atoms. The van der Waals surface area contributed by atoms with Crippen molar-refractivity contribution in [2.24, 2.45) is 0 Å². The Hall–Kier alpha value is -1.63. The number of hydrogen-bond acceptors (Lipinski definition) is 4. The van der Waals surface area contributed by atoms with Gasteiger partial charge in [0.1, 0.15) is 5.54 Å². The number of carbonyl (C=O) groups excluding carboxylic acids is 3. The molecule has 3 rings (SSSR count). The highest BCUT2D eigenvalue weighted by atomic mass is 16.2. The first-order valence-electron chi connectivity index (χ1n) is 10.2. The Morgan fingerprint density at radius 1 is 1.15 bits per heavy atom. The van der Waals surface area contributed by atoms with Crippen LogP contribution in [-0.4, -0.2) is 76.8 Å². The van der Waals surface area contributed by atoms with E-state index in [0.717, 1.165) is 51.9 Å². The minimum absolute atomic E-state index is 0.0755. The van der Waals surface area contributed by atoms with Crippen molar-refractivity contribution in [1.29, 1.82) is 0 Å². The molecule has 0 aliphatic carbocycles. The van der Waals surface area contributed by atoms with E-state index in [-0.39, 0.29) is 23.9 Å². The highest BCUT2D eigenvalue weighted by Gasteiger charge is 2.54. The average molecular weight is 364 g/mol. The van der Waals surface area contributed by atoms with Crippen LogP contribution in [0.1, 0.15) is 58.8 Å². The van der Waals surface area contributed by atoms with Gasteiger partial charge in [-0.15, -0.1) is 0 Å². The number of hydrogen-bond donors (Lipinski definition) is 1. The third-order valence-electron chi connectivity index (χ3n) is 6.02. The second-order valence-electron chi connectivity index (χ2n) is 7.91. The van der Waals surface area contributed by atoms with Gasteiger partial charge in [0.2, 0.25) is 5.91 Å². The largest absolute Gasteiger partial charge is 0.341 e. The SMILES string of the molecule is CCCC(=O)N1CCC[C@@H](N2C(=O)NC3(CCN(CCC)CC3)C2=O)C1. The fourth-order valence-electron chi connectivity index (χ4n) is 4.55. The molecule has 0 unspecified atom stereocenters. The lowest BCUT2D eigenvalue weighted by Crippen LogP contribution is -2.56. The smallest absolute Gasteiger partial charge is 0.325 e. The highest BCUT2D eigenvalue weighted by molar-refractivity contribution is 6.07. The molecule has 0 radical (unpaired) electrons. The van der Waals surface area contributed by atoms with Crippen LogP contribution in [0.15, 0.2) is 0 Å². The van der Waals surface area contributed by atoms with Crippen LogP contribution >= 0.6 is 0 Å². The zero-order valence-corrected chi connectivity index (χ0v) is 16.1. The molecule has 1 spiro atoms. The van der Waals surface area contributed by atoms with E-state index in [4.69, 9.17) is 0 Å². The third-order valence-corrected chi connectivity index (χ3v) is 6.02. The van der Waals surface area contributed by atoms with Crippen molar-refractivity contribution >= 4 is 17.8 Å². The number of nitrogens with zero attached hydrogens (tertiary/aromatic N) is 3. The molecule has 0 saturated carbocycles. The van der Waals surface area contributed by atoms with Gasteiger partial charge in [-0.3, -0.25) is 14.5 Å². The molecule has 1 atom stereocenters. The summed E-state index contributed by atoms with van der Waals surface area (Å²) in [5.74, 6) is 0.0558. The molecule has 3 aliphatic heterocycles. The Balaban J connectivity index is 1.66. The number of imide groups is 1. The molecular formula is C19H32N4O3. The number of likely N-dealkylation sites (tertiary alicyclic amines) is 2. The van der Waals surface area contributed by atoms with E-state index in [0.29, 0.717) is 25.8 Å². The second kappa shape index (κ2) is 7.94. The fourth-order valence-corrected chi connectivity index (χ4v) is 4.55. The molecule has 0 aromatic carbocycles. The van der Waals surface area contributed by atoms with E-state index in [9.17, 15) is 14.4 Å². The predicted octanol–water partition coefficient (Wildman–Crippen LogP) is 1.57. The maximum absolute atomic E-state index is 13.2. The Bertz CT molecular complexity index is 557. The number of rotatable bonds is 5. The first kappa shape index (κ1) is 19.1. The van der Waals surface area contributed by atoms with Crippen molar-refractivity contribution in [1.82, 2.24) is 20.0 Å². The molecule has 4 amide bonds. The molecule has 0 bridgehead atoms. The number of piperidine rings is 2. The van der Waals surface area contributed by atoms with Gasteiger partial charge in [0.25, 0.3) is 5.91 Å².